The maximum absolute atomic E-state index is 13.2. The van der Waals surface area contributed by atoms with Gasteiger partial charge in [-0.3, -0.25) is 18.7 Å². The number of nitrogens with zero attached hydrogens (tertiary/aromatic N) is 3. The molecule has 0 aliphatic rings. The minimum Gasteiger partial charge on any atom is -0.325 e. The molecule has 2 aromatic heterocycles. The maximum Gasteiger partial charge on any atom is 0.332 e. The van der Waals surface area contributed by atoms with Crippen molar-refractivity contribution in [2.75, 3.05) is 11.1 Å². The lowest BCUT2D eigenvalue weighted by Crippen LogP contribution is -2.37. The largest absolute Gasteiger partial charge is 0.332 e. The van der Waals surface area contributed by atoms with Crippen molar-refractivity contribution in [2.45, 2.75) is 11.8 Å². The normalized spacial score (nSPS) is 11.0. The van der Waals surface area contributed by atoms with Crippen molar-refractivity contribution in [2.24, 2.45) is 14.1 Å². The van der Waals surface area contributed by atoms with Crippen LogP contribution in [0.2, 0.25) is 0 Å². The number of amides is 1. The van der Waals surface area contributed by atoms with E-state index in [0.717, 1.165) is 10.1 Å². The highest BCUT2D eigenvalue weighted by atomic mass is 32.2. The summed E-state index contributed by atoms with van der Waals surface area (Å²) < 4.78 is 15.5. The number of aromatic nitrogens is 3. The number of carbonyl (C=O) groups is 1. The summed E-state index contributed by atoms with van der Waals surface area (Å²) in [7, 11) is 2.94. The molecule has 0 fully saturated rings. The number of aryl methyl sites for hydroxylation is 2. The predicted molar refractivity (Wildman–Crippen MR) is 103 cm³/mol. The summed E-state index contributed by atoms with van der Waals surface area (Å²) in [6.07, 6.45) is 1.56. The Hall–Kier alpha value is -2.94. The first-order chi connectivity index (χ1) is 12.8. The van der Waals surface area contributed by atoms with Gasteiger partial charge in [-0.15, -0.1) is 11.8 Å². The molecule has 0 spiro atoms. The second-order valence-corrected chi connectivity index (χ2v) is 7.01. The number of fused-ring (bicyclic) bond motifs is 1. The fraction of sp³-hybridized carbons (Fsp3) is 0.222. The fourth-order valence-corrected chi connectivity index (χ4v) is 3.64. The number of nitrogens with one attached hydrogen (secondary N) is 1. The number of halogens is 1. The van der Waals surface area contributed by atoms with Gasteiger partial charge < -0.3 is 5.32 Å². The summed E-state index contributed by atoms with van der Waals surface area (Å²) in [5.74, 6) is -0.764. The number of hydrogen-bond donors (Lipinski definition) is 1. The maximum atomic E-state index is 13.2. The highest BCUT2D eigenvalue weighted by Crippen LogP contribution is 2.27. The zero-order valence-electron chi connectivity index (χ0n) is 14.9. The van der Waals surface area contributed by atoms with Gasteiger partial charge in [-0.25, -0.2) is 14.2 Å². The van der Waals surface area contributed by atoms with E-state index < -0.39 is 17.1 Å². The summed E-state index contributed by atoms with van der Waals surface area (Å²) in [4.78, 5) is 41.7. The molecule has 0 aliphatic heterocycles. The minimum absolute atomic E-state index is 0.0163. The fourth-order valence-electron chi connectivity index (χ4n) is 2.68. The van der Waals surface area contributed by atoms with E-state index in [2.05, 4.69) is 10.3 Å². The van der Waals surface area contributed by atoms with Crippen LogP contribution in [-0.2, 0) is 18.9 Å². The number of hydrogen-bond acceptors (Lipinski definition) is 5. The van der Waals surface area contributed by atoms with E-state index in [1.807, 2.05) is 0 Å². The van der Waals surface area contributed by atoms with Gasteiger partial charge in [-0.2, -0.15) is 0 Å². The Bertz CT molecular complexity index is 1170. The summed E-state index contributed by atoms with van der Waals surface area (Å²) >= 11 is 1.17. The number of pyridine rings is 1. The van der Waals surface area contributed by atoms with Crippen molar-refractivity contribution in [3.05, 3.63) is 62.7 Å². The van der Waals surface area contributed by atoms with Gasteiger partial charge in [0.1, 0.15) is 11.5 Å². The Morgan fingerprint density at radius 2 is 2.00 bits per heavy atom. The van der Waals surface area contributed by atoms with Crippen LogP contribution >= 0.6 is 11.8 Å². The average Bonchev–Trinajstić information content (AvgIpc) is 2.63. The van der Waals surface area contributed by atoms with E-state index in [1.54, 1.807) is 19.2 Å². The van der Waals surface area contributed by atoms with E-state index >= 15 is 0 Å². The van der Waals surface area contributed by atoms with Crippen LogP contribution in [0.15, 0.2) is 44.9 Å². The summed E-state index contributed by atoms with van der Waals surface area (Å²) in [5, 5.41) is 2.91. The molecule has 2 heterocycles. The molecule has 0 saturated carbocycles. The van der Waals surface area contributed by atoms with Gasteiger partial charge in [-0.05, 0) is 30.7 Å². The van der Waals surface area contributed by atoms with Gasteiger partial charge in [0.15, 0.2) is 0 Å². The molecule has 0 radical (unpaired) electrons. The van der Waals surface area contributed by atoms with Crippen molar-refractivity contribution in [1.29, 1.82) is 0 Å². The minimum atomic E-state index is -0.469. The number of thioether (sulfide) groups is 1. The molecule has 1 N–H and O–H groups in total. The van der Waals surface area contributed by atoms with Crippen molar-refractivity contribution < 1.29 is 9.18 Å². The Kier molecular flexibility index (Phi) is 5.13. The lowest BCUT2D eigenvalue weighted by molar-refractivity contribution is -0.113. The molecule has 0 bridgehead atoms. The molecule has 0 unspecified atom stereocenters. The van der Waals surface area contributed by atoms with E-state index in [0.29, 0.717) is 16.0 Å². The Morgan fingerprint density at radius 3 is 2.70 bits per heavy atom. The molecule has 27 heavy (non-hydrogen) atoms. The molecular formula is C18H17FN4O3S. The van der Waals surface area contributed by atoms with Crippen LogP contribution in [0.4, 0.5) is 10.1 Å². The van der Waals surface area contributed by atoms with Crippen LogP contribution in [0.5, 0.6) is 0 Å². The van der Waals surface area contributed by atoms with Crippen molar-refractivity contribution >= 4 is 34.4 Å². The third-order valence-electron chi connectivity index (χ3n) is 4.06. The van der Waals surface area contributed by atoms with E-state index in [1.165, 1.54) is 48.6 Å². The van der Waals surface area contributed by atoms with Gasteiger partial charge in [0, 0.05) is 30.9 Å². The third-order valence-corrected chi connectivity index (χ3v) is 5.28. The van der Waals surface area contributed by atoms with Gasteiger partial charge in [0.25, 0.3) is 5.56 Å². The van der Waals surface area contributed by atoms with Crippen molar-refractivity contribution in [3.63, 3.8) is 0 Å². The van der Waals surface area contributed by atoms with Crippen LogP contribution in [0.25, 0.3) is 11.0 Å². The standard InChI is InChI=1S/C18H17FN4O3S/c1-10-8-20-16-14(17(25)23(3)18(26)22(16)2)15(10)27-9-13(24)21-12-6-4-5-11(19)7-12/h4-8H,9H2,1-3H3,(H,21,24). The molecule has 0 saturated heterocycles. The summed E-state index contributed by atoms with van der Waals surface area (Å²) in [6, 6.07) is 5.60. The molecule has 0 atom stereocenters. The Labute approximate surface area is 157 Å². The van der Waals surface area contributed by atoms with Crippen molar-refractivity contribution in [1.82, 2.24) is 14.1 Å². The second-order valence-electron chi connectivity index (χ2n) is 6.02. The van der Waals surface area contributed by atoms with Gasteiger partial charge >= 0.3 is 5.69 Å². The van der Waals surface area contributed by atoms with E-state index in [4.69, 9.17) is 0 Å². The topological polar surface area (TPSA) is 86.0 Å². The smallest absolute Gasteiger partial charge is 0.325 e. The molecule has 1 amide bonds. The zero-order valence-corrected chi connectivity index (χ0v) is 15.8. The van der Waals surface area contributed by atoms with Crippen LogP contribution in [-0.4, -0.2) is 25.8 Å². The Balaban J connectivity index is 1.93. The lowest BCUT2D eigenvalue weighted by atomic mass is 10.2. The Morgan fingerprint density at radius 1 is 1.26 bits per heavy atom. The number of benzene rings is 1. The first-order valence-electron chi connectivity index (χ1n) is 8.03. The molecule has 140 valence electrons. The third kappa shape index (κ3) is 3.63. The lowest BCUT2D eigenvalue weighted by Gasteiger charge is -2.12. The number of rotatable bonds is 4. The molecule has 3 aromatic rings. The number of carbonyl (C=O) groups excluding carboxylic acids is 1. The molecule has 3 rings (SSSR count). The average molecular weight is 388 g/mol. The molecule has 9 heteroatoms. The second kappa shape index (κ2) is 7.36. The van der Waals surface area contributed by atoms with Crippen LogP contribution in [0, 0.1) is 12.7 Å². The quantitative estimate of drug-likeness (QED) is 0.689. The van der Waals surface area contributed by atoms with Crippen LogP contribution in [0.3, 0.4) is 0 Å². The predicted octanol–water partition coefficient (Wildman–Crippen LogP) is 1.81. The van der Waals surface area contributed by atoms with Crippen LogP contribution < -0.4 is 16.6 Å². The van der Waals surface area contributed by atoms with E-state index in [-0.39, 0.29) is 17.3 Å². The highest BCUT2D eigenvalue weighted by Gasteiger charge is 2.17. The molecule has 1 aromatic carbocycles. The van der Waals surface area contributed by atoms with Gasteiger partial charge in [0.2, 0.25) is 5.91 Å². The van der Waals surface area contributed by atoms with Crippen LogP contribution in [0.1, 0.15) is 5.56 Å². The van der Waals surface area contributed by atoms with E-state index in [9.17, 15) is 18.8 Å². The molecular weight excluding hydrogens is 371 g/mol. The molecule has 0 aliphatic carbocycles. The monoisotopic (exact) mass is 388 g/mol. The number of anilines is 1. The van der Waals surface area contributed by atoms with Crippen molar-refractivity contribution in [3.8, 4) is 0 Å². The zero-order chi connectivity index (χ0) is 19.7. The molecule has 7 nitrogen and oxygen atoms in total. The first-order valence-corrected chi connectivity index (χ1v) is 9.01. The summed E-state index contributed by atoms with van der Waals surface area (Å²) in [5.41, 5.74) is 0.416. The highest BCUT2D eigenvalue weighted by molar-refractivity contribution is 8.00. The summed E-state index contributed by atoms with van der Waals surface area (Å²) in [6.45, 7) is 1.78. The first kappa shape index (κ1) is 18.8. The van der Waals surface area contributed by atoms with Gasteiger partial charge in [0.05, 0.1) is 11.1 Å². The van der Waals surface area contributed by atoms with Gasteiger partial charge in [-0.1, -0.05) is 6.07 Å². The SMILES string of the molecule is Cc1cnc2c(c1SCC(=O)Nc1cccc(F)c1)c(=O)n(C)c(=O)n2C.